The SMILES string of the molecule is C/C(=C\Cc1cc(O[Si](C(C)C)(C(C)C)C(C)C)ccc1O[Si](C(C)C)(C(C)C)C(C)C)CCC=O. The summed E-state index contributed by atoms with van der Waals surface area (Å²) in [4.78, 5) is 10.9. The average Bonchev–Trinajstić information content (AvgIpc) is 2.77. The van der Waals surface area contributed by atoms with Crippen LogP contribution in [-0.2, 0) is 11.2 Å². The van der Waals surface area contributed by atoms with E-state index >= 15 is 0 Å². The van der Waals surface area contributed by atoms with Crippen molar-refractivity contribution in [2.45, 2.75) is 143 Å². The molecule has 0 aliphatic rings. The molecule has 0 aromatic heterocycles. The van der Waals surface area contributed by atoms with Crippen LogP contribution in [0.25, 0.3) is 0 Å². The maximum atomic E-state index is 10.9. The minimum Gasteiger partial charge on any atom is -0.543 e. The first-order valence-electron chi connectivity index (χ1n) is 14.3. The zero-order chi connectivity index (χ0) is 27.8. The highest BCUT2D eigenvalue weighted by Gasteiger charge is 2.48. The van der Waals surface area contributed by atoms with E-state index in [1.165, 1.54) is 11.1 Å². The van der Waals surface area contributed by atoms with Crippen molar-refractivity contribution in [1.82, 2.24) is 0 Å². The van der Waals surface area contributed by atoms with E-state index in [0.29, 0.717) is 39.7 Å². The summed E-state index contributed by atoms with van der Waals surface area (Å²) < 4.78 is 14.2. The standard InChI is InChI=1S/C31H56O3Si2/c1-22(2)35(23(3)4,24(5)6)33-30-18-19-31(29(21-30)17-16-28(13)15-14-20-32)34-36(25(7)8,26(9)10)27(11)12/h16,18-27H,14-15,17H2,1-13H3/b28-16+. The molecule has 0 saturated carbocycles. The summed E-state index contributed by atoms with van der Waals surface area (Å²) in [6, 6.07) is 6.57. The molecule has 1 rings (SSSR count). The predicted molar refractivity (Wildman–Crippen MR) is 163 cm³/mol. The van der Waals surface area contributed by atoms with Gasteiger partial charge in [-0.3, -0.25) is 0 Å². The largest absolute Gasteiger partial charge is 0.543 e. The molecule has 0 atom stereocenters. The fraction of sp³-hybridized carbons (Fsp3) is 0.710. The zero-order valence-electron chi connectivity index (χ0n) is 25.7. The van der Waals surface area contributed by atoms with Gasteiger partial charge in [0.1, 0.15) is 17.8 Å². The van der Waals surface area contributed by atoms with Crippen LogP contribution in [0.5, 0.6) is 11.5 Å². The number of hydrogen-bond acceptors (Lipinski definition) is 3. The summed E-state index contributed by atoms with van der Waals surface area (Å²) in [7, 11) is -4.15. The summed E-state index contributed by atoms with van der Waals surface area (Å²) in [6.07, 6.45) is 5.43. The van der Waals surface area contributed by atoms with Crippen molar-refractivity contribution < 1.29 is 13.6 Å². The molecule has 5 heteroatoms. The van der Waals surface area contributed by atoms with E-state index in [9.17, 15) is 4.79 Å². The van der Waals surface area contributed by atoms with Crippen LogP contribution in [-0.4, -0.2) is 22.9 Å². The quantitative estimate of drug-likeness (QED) is 0.128. The minimum absolute atomic E-state index is 0.508. The number of allylic oxidation sites excluding steroid dienone is 2. The Labute approximate surface area is 225 Å². The molecule has 0 heterocycles. The lowest BCUT2D eigenvalue weighted by Gasteiger charge is -2.43. The fourth-order valence-corrected chi connectivity index (χ4v) is 17.2. The molecule has 0 aliphatic heterocycles. The molecule has 36 heavy (non-hydrogen) atoms. The van der Waals surface area contributed by atoms with Gasteiger partial charge >= 0.3 is 0 Å². The Bertz CT molecular complexity index is 810. The maximum absolute atomic E-state index is 10.9. The first-order valence-corrected chi connectivity index (χ1v) is 18.5. The second-order valence-corrected chi connectivity index (χ2v) is 23.3. The van der Waals surface area contributed by atoms with Gasteiger partial charge in [-0.15, -0.1) is 0 Å². The van der Waals surface area contributed by atoms with Crippen molar-refractivity contribution in [1.29, 1.82) is 0 Å². The van der Waals surface area contributed by atoms with Crippen LogP contribution in [0.2, 0.25) is 33.2 Å². The summed E-state index contributed by atoms with van der Waals surface area (Å²) in [5, 5.41) is 0. The van der Waals surface area contributed by atoms with E-state index in [2.05, 4.69) is 114 Å². The Kier molecular flexibility index (Phi) is 12.7. The lowest BCUT2D eigenvalue weighted by atomic mass is 10.1. The number of carbonyl (C=O) groups is 1. The van der Waals surface area contributed by atoms with Crippen molar-refractivity contribution in [2.24, 2.45) is 0 Å². The topological polar surface area (TPSA) is 35.5 Å². The summed E-state index contributed by atoms with van der Waals surface area (Å²) >= 11 is 0. The number of carbonyl (C=O) groups excluding carboxylic acids is 1. The highest BCUT2D eigenvalue weighted by Crippen LogP contribution is 2.46. The molecule has 0 bridgehead atoms. The molecule has 0 aliphatic carbocycles. The highest BCUT2D eigenvalue weighted by atomic mass is 28.4. The third kappa shape index (κ3) is 7.37. The molecule has 0 spiro atoms. The van der Waals surface area contributed by atoms with Crippen LogP contribution >= 0.6 is 0 Å². The van der Waals surface area contributed by atoms with Gasteiger partial charge in [-0.2, -0.15) is 0 Å². The van der Waals surface area contributed by atoms with E-state index in [1.54, 1.807) is 0 Å². The average molecular weight is 533 g/mol. The zero-order valence-corrected chi connectivity index (χ0v) is 27.7. The van der Waals surface area contributed by atoms with Gasteiger partial charge in [0.25, 0.3) is 16.6 Å². The van der Waals surface area contributed by atoms with Gasteiger partial charge < -0.3 is 13.6 Å². The number of aldehydes is 1. The van der Waals surface area contributed by atoms with Crippen molar-refractivity contribution in [3.8, 4) is 11.5 Å². The van der Waals surface area contributed by atoms with E-state index in [0.717, 1.165) is 30.6 Å². The molecule has 206 valence electrons. The van der Waals surface area contributed by atoms with Gasteiger partial charge in [-0.1, -0.05) is 94.7 Å². The Balaban J connectivity index is 3.63. The minimum atomic E-state index is -2.09. The molecule has 0 unspecified atom stereocenters. The first-order chi connectivity index (χ1) is 16.7. The van der Waals surface area contributed by atoms with Crippen LogP contribution in [0, 0.1) is 0 Å². The molecule has 0 fully saturated rings. The molecule has 1 aromatic carbocycles. The van der Waals surface area contributed by atoms with Gasteiger partial charge in [0.2, 0.25) is 0 Å². The predicted octanol–water partition coefficient (Wildman–Crippen LogP) is 10.3. The molecular weight excluding hydrogens is 477 g/mol. The maximum Gasteiger partial charge on any atom is 0.258 e. The highest BCUT2D eigenvalue weighted by molar-refractivity contribution is 6.78. The second-order valence-electron chi connectivity index (χ2n) is 12.6. The fourth-order valence-electron chi connectivity index (χ4n) is 6.65. The molecule has 0 N–H and O–H groups in total. The second kappa shape index (κ2) is 14.0. The van der Waals surface area contributed by atoms with Gasteiger partial charge in [0, 0.05) is 12.0 Å². The van der Waals surface area contributed by atoms with Crippen LogP contribution in [0.15, 0.2) is 29.8 Å². The molecule has 0 radical (unpaired) electrons. The first kappa shape index (κ1) is 32.7. The van der Waals surface area contributed by atoms with E-state index in [1.807, 2.05) is 0 Å². The Hall–Kier alpha value is -1.34. The summed E-state index contributed by atoms with van der Waals surface area (Å²) in [5.41, 5.74) is 5.52. The number of hydrogen-bond donors (Lipinski definition) is 0. The van der Waals surface area contributed by atoms with E-state index in [4.69, 9.17) is 8.85 Å². The Morgan fingerprint density at radius 1 is 0.750 bits per heavy atom. The van der Waals surface area contributed by atoms with E-state index in [-0.39, 0.29) is 0 Å². The monoisotopic (exact) mass is 532 g/mol. The van der Waals surface area contributed by atoms with Crippen molar-refractivity contribution in [3.63, 3.8) is 0 Å². The molecule has 3 nitrogen and oxygen atoms in total. The Morgan fingerprint density at radius 2 is 1.19 bits per heavy atom. The molecule has 0 saturated heterocycles. The van der Waals surface area contributed by atoms with Gasteiger partial charge in [0.05, 0.1) is 0 Å². The van der Waals surface area contributed by atoms with Crippen LogP contribution < -0.4 is 8.85 Å². The van der Waals surface area contributed by atoms with Gasteiger partial charge in [0.15, 0.2) is 0 Å². The number of rotatable bonds is 15. The smallest absolute Gasteiger partial charge is 0.258 e. The number of benzene rings is 1. The third-order valence-electron chi connectivity index (χ3n) is 8.35. The molecule has 1 aromatic rings. The van der Waals surface area contributed by atoms with Crippen LogP contribution in [0.1, 0.15) is 108 Å². The lowest BCUT2D eigenvalue weighted by molar-refractivity contribution is -0.107. The lowest BCUT2D eigenvalue weighted by Crippen LogP contribution is -2.51. The molecular formula is C31H56O3Si2. The van der Waals surface area contributed by atoms with Crippen molar-refractivity contribution in [3.05, 3.63) is 35.4 Å². The van der Waals surface area contributed by atoms with Crippen LogP contribution in [0.3, 0.4) is 0 Å². The normalized spacial score (nSPS) is 13.6. The van der Waals surface area contributed by atoms with Crippen molar-refractivity contribution in [2.75, 3.05) is 0 Å². The van der Waals surface area contributed by atoms with E-state index < -0.39 is 16.6 Å². The van der Waals surface area contributed by atoms with Gasteiger partial charge in [-0.25, -0.2) is 0 Å². The summed E-state index contributed by atoms with van der Waals surface area (Å²) in [5.74, 6) is 1.99. The van der Waals surface area contributed by atoms with Gasteiger partial charge in [-0.05, 0) is 71.2 Å². The molecule has 0 amide bonds. The third-order valence-corrected chi connectivity index (χ3v) is 20.3. The van der Waals surface area contributed by atoms with Crippen molar-refractivity contribution >= 4 is 22.9 Å². The Morgan fingerprint density at radius 3 is 1.61 bits per heavy atom. The summed E-state index contributed by atoms with van der Waals surface area (Å²) in [6.45, 7) is 30.1. The van der Waals surface area contributed by atoms with Crippen LogP contribution in [0.4, 0.5) is 0 Å².